The van der Waals surface area contributed by atoms with E-state index < -0.39 is 12.3 Å². The number of carbonyl (C=O) groups excluding carboxylic acids is 2. The number of phenols is 2. The number of hydrogen-bond donors (Lipinski definition) is 2. The van der Waals surface area contributed by atoms with Gasteiger partial charge in [0, 0.05) is 23.6 Å². The third-order valence-corrected chi connectivity index (χ3v) is 11.9. The van der Waals surface area contributed by atoms with Crippen molar-refractivity contribution in [3.05, 3.63) is 104 Å². The average molecular weight is 994 g/mol. The van der Waals surface area contributed by atoms with E-state index >= 15 is 0 Å². The van der Waals surface area contributed by atoms with Gasteiger partial charge in [-0.2, -0.15) is 0 Å². The first kappa shape index (κ1) is 61.9. The SMILES string of the molecule is CC(C)c1cc(C(C)C)c(C(C)C)c(O)c1OC(=O)[O-].CC(C)c1cc(C(C)C)c(C(C)C)c(O)c1OC(=O)[O-].CC(C)c1cccc(C(C)C)c1N=CC=Nc1c(C(C)C)cccc1C(C)C.[Ni+2]. The summed E-state index contributed by atoms with van der Waals surface area (Å²) in [7, 11) is 0. The molecule has 0 amide bonds. The van der Waals surface area contributed by atoms with Gasteiger partial charge in [-0.15, -0.1) is 0 Å². The van der Waals surface area contributed by atoms with Crippen molar-refractivity contribution in [2.24, 2.45) is 9.98 Å². The number of aliphatic imine (C=N–C) groups is 2. The zero-order valence-electron chi connectivity index (χ0n) is 45.1. The van der Waals surface area contributed by atoms with E-state index in [1.54, 1.807) is 0 Å². The molecule has 2 N–H and O–H groups in total. The Kier molecular flexibility index (Phi) is 25.0. The minimum atomic E-state index is -1.66. The number of ether oxygens (including phenoxy) is 2. The molecule has 0 saturated heterocycles. The van der Waals surface area contributed by atoms with Gasteiger partial charge in [-0.05, 0) is 104 Å². The number of aromatic hydroxyl groups is 2. The summed E-state index contributed by atoms with van der Waals surface area (Å²) in [5.41, 5.74) is 12.2. The second-order valence-corrected chi connectivity index (χ2v) is 20.7. The van der Waals surface area contributed by atoms with Crippen LogP contribution in [-0.4, -0.2) is 35.0 Å². The normalized spacial score (nSPS) is 11.7. The summed E-state index contributed by atoms with van der Waals surface area (Å²) < 4.78 is 9.44. The van der Waals surface area contributed by atoms with Gasteiger partial charge in [-0.1, -0.05) is 187 Å². The first-order valence-corrected chi connectivity index (χ1v) is 24.5. The molecule has 0 aliphatic heterocycles. The van der Waals surface area contributed by atoms with Crippen molar-refractivity contribution in [1.29, 1.82) is 0 Å². The van der Waals surface area contributed by atoms with Crippen molar-refractivity contribution in [1.82, 2.24) is 0 Å². The molecule has 0 heterocycles. The molecule has 4 aromatic carbocycles. The Labute approximate surface area is 425 Å². The van der Waals surface area contributed by atoms with Crippen LogP contribution in [0.5, 0.6) is 23.0 Å². The molecule has 0 aromatic heterocycles. The van der Waals surface area contributed by atoms with Crippen LogP contribution in [0.1, 0.15) is 253 Å². The number of benzene rings is 4. The Morgan fingerprint density at radius 1 is 0.420 bits per heavy atom. The molecule has 0 aliphatic carbocycles. The van der Waals surface area contributed by atoms with Crippen LogP contribution < -0.4 is 19.7 Å². The Hall–Kier alpha value is -5.15. The van der Waals surface area contributed by atoms with E-state index in [0.29, 0.717) is 34.8 Å². The fourth-order valence-corrected chi connectivity index (χ4v) is 8.36. The summed E-state index contributed by atoms with van der Waals surface area (Å²) >= 11 is 0. The van der Waals surface area contributed by atoms with Gasteiger partial charge in [0.05, 0.1) is 22.9 Å². The molecule has 0 fully saturated rings. The standard InChI is InChI=1S/C26H36N2.2C16H24O4.Ni/c1-17(2)21-11-9-12-22(18(3)4)25(21)27-15-16-28-26-23(19(5)6)13-10-14-24(26)20(7)8;2*1-8(2)11-7-12(9(3)4)15(20-16(18)19)14(17)13(11)10(5)6;/h9-20H,1-8H3;2*7-10,17H,1-6H3,(H,18,19);/q;;;+2/p-2. The molecule has 11 heteroatoms. The maximum Gasteiger partial charge on any atom is 2.00 e. The molecule has 69 heavy (non-hydrogen) atoms. The molecule has 0 atom stereocenters. The molecule has 0 aliphatic rings. The third kappa shape index (κ3) is 16.8. The van der Waals surface area contributed by atoms with E-state index in [0.717, 1.165) is 33.6 Å². The second-order valence-electron chi connectivity index (χ2n) is 20.7. The molecule has 0 unspecified atom stereocenters. The molecule has 0 bridgehead atoms. The fraction of sp³-hybridized carbons (Fsp3) is 0.517. The van der Waals surface area contributed by atoms with Gasteiger partial charge in [-0.3, -0.25) is 9.98 Å². The van der Waals surface area contributed by atoms with Crippen molar-refractivity contribution in [3.63, 3.8) is 0 Å². The maximum atomic E-state index is 10.8. The van der Waals surface area contributed by atoms with Crippen LogP contribution in [0.25, 0.3) is 0 Å². The largest absolute Gasteiger partial charge is 2.00 e. The summed E-state index contributed by atoms with van der Waals surface area (Å²) in [6, 6.07) is 16.9. The summed E-state index contributed by atoms with van der Waals surface area (Å²) in [5.74, 6) is 2.28. The van der Waals surface area contributed by atoms with E-state index in [2.05, 4.69) is 91.8 Å². The molecule has 4 aromatic rings. The van der Waals surface area contributed by atoms with Crippen molar-refractivity contribution in [2.75, 3.05) is 0 Å². The van der Waals surface area contributed by atoms with Gasteiger partial charge in [0.1, 0.15) is 11.5 Å². The Bertz CT molecular complexity index is 2150. The summed E-state index contributed by atoms with van der Waals surface area (Å²) in [5, 5.41) is 42.4. The van der Waals surface area contributed by atoms with E-state index in [4.69, 9.17) is 19.5 Å². The van der Waals surface area contributed by atoms with Crippen LogP contribution in [0.3, 0.4) is 0 Å². The minimum Gasteiger partial charge on any atom is -0.510 e. The number of para-hydroxylation sites is 2. The zero-order chi connectivity index (χ0) is 52.1. The fourth-order valence-electron chi connectivity index (χ4n) is 8.36. The molecule has 4 rings (SSSR count). The molecule has 382 valence electrons. The first-order chi connectivity index (χ1) is 31.6. The third-order valence-electron chi connectivity index (χ3n) is 11.9. The van der Waals surface area contributed by atoms with E-state index in [1.165, 1.54) is 22.3 Å². The Balaban J connectivity index is 0.000000526. The van der Waals surface area contributed by atoms with Gasteiger partial charge < -0.3 is 39.5 Å². The topological polar surface area (TPSA) is 164 Å². The summed E-state index contributed by atoms with van der Waals surface area (Å²) in [6.45, 7) is 41.5. The summed E-state index contributed by atoms with van der Waals surface area (Å²) in [4.78, 5) is 31.2. The van der Waals surface area contributed by atoms with Crippen LogP contribution in [0.2, 0.25) is 0 Å². The predicted molar refractivity (Wildman–Crippen MR) is 278 cm³/mol. The van der Waals surface area contributed by atoms with Gasteiger partial charge in [-0.25, -0.2) is 0 Å². The Morgan fingerprint density at radius 2 is 0.652 bits per heavy atom. The van der Waals surface area contributed by atoms with E-state index in [9.17, 15) is 30.0 Å². The van der Waals surface area contributed by atoms with Crippen molar-refractivity contribution in [2.45, 2.75) is 198 Å². The van der Waals surface area contributed by atoms with Crippen molar-refractivity contribution < 1.29 is 56.0 Å². The maximum absolute atomic E-state index is 10.8. The minimum absolute atomic E-state index is 0. The smallest absolute Gasteiger partial charge is 0.510 e. The number of carbonyl (C=O) groups is 2. The van der Waals surface area contributed by atoms with Crippen LogP contribution in [0.15, 0.2) is 58.5 Å². The van der Waals surface area contributed by atoms with Crippen molar-refractivity contribution in [3.8, 4) is 23.0 Å². The van der Waals surface area contributed by atoms with Crippen LogP contribution in [-0.2, 0) is 16.5 Å². The summed E-state index contributed by atoms with van der Waals surface area (Å²) in [6.07, 6.45) is 0.395. The molecule has 0 saturated carbocycles. The number of nitrogens with zero attached hydrogens (tertiary/aromatic N) is 2. The molecule has 10 nitrogen and oxygen atoms in total. The molecule has 0 radical (unpaired) electrons. The van der Waals surface area contributed by atoms with Crippen molar-refractivity contribution >= 4 is 36.1 Å². The predicted octanol–water partition coefficient (Wildman–Crippen LogP) is 15.3. The van der Waals surface area contributed by atoms with Crippen LogP contribution in [0, 0.1) is 0 Å². The second kappa shape index (κ2) is 27.9. The molecular formula is C58H82N2NiO8. The van der Waals surface area contributed by atoms with Gasteiger partial charge in [0.25, 0.3) is 12.3 Å². The number of hydrogen-bond acceptors (Lipinski definition) is 10. The van der Waals surface area contributed by atoms with Gasteiger partial charge in [0.2, 0.25) is 0 Å². The number of phenolic OH excluding ortho intramolecular Hbond substituents is 2. The van der Waals surface area contributed by atoms with Crippen LogP contribution in [0.4, 0.5) is 21.0 Å². The van der Waals surface area contributed by atoms with Crippen LogP contribution >= 0.6 is 0 Å². The number of carboxylic acid groups (broad SMARTS) is 2. The quantitative estimate of drug-likeness (QED) is 0.0514. The Morgan fingerprint density at radius 3 is 0.841 bits per heavy atom. The monoisotopic (exact) mass is 993 g/mol. The van der Waals surface area contributed by atoms with E-state index in [1.807, 2.05) is 108 Å². The first-order valence-electron chi connectivity index (χ1n) is 24.5. The number of rotatable bonds is 15. The van der Waals surface area contributed by atoms with Gasteiger partial charge in [0.15, 0.2) is 0 Å². The average Bonchev–Trinajstić information content (AvgIpc) is 3.22. The zero-order valence-corrected chi connectivity index (χ0v) is 46.1. The molecular weight excluding hydrogens is 911 g/mol. The molecule has 0 spiro atoms. The van der Waals surface area contributed by atoms with E-state index in [-0.39, 0.29) is 75.0 Å². The van der Waals surface area contributed by atoms with Gasteiger partial charge >= 0.3 is 16.5 Å².